The number of ether oxygens (including phenoxy) is 1. The Balaban J connectivity index is 1.88. The van der Waals surface area contributed by atoms with Crippen LogP contribution in [0.25, 0.3) is 0 Å². The van der Waals surface area contributed by atoms with E-state index in [0.717, 1.165) is 23.5 Å². The molecule has 2 heterocycles. The molecule has 0 radical (unpaired) electrons. The van der Waals surface area contributed by atoms with Crippen LogP contribution in [0.2, 0.25) is 0 Å². The summed E-state index contributed by atoms with van der Waals surface area (Å²) in [6.07, 6.45) is 2.74. The Bertz CT molecular complexity index is 508. The maximum atomic E-state index is 5.62. The summed E-state index contributed by atoms with van der Waals surface area (Å²) in [6.45, 7) is 6.14. The van der Waals surface area contributed by atoms with Crippen LogP contribution in [0, 0.1) is 6.92 Å². The molecule has 0 bridgehead atoms. The van der Waals surface area contributed by atoms with Crippen molar-refractivity contribution in [2.75, 3.05) is 6.61 Å². The van der Waals surface area contributed by atoms with E-state index in [0.29, 0.717) is 25.6 Å². The number of aryl methyl sites for hydroxylation is 1. The molecule has 2 rings (SSSR count). The monoisotopic (exact) mass is 260 g/mol. The third-order valence-electron chi connectivity index (χ3n) is 2.70. The predicted octanol–water partition coefficient (Wildman–Crippen LogP) is 3.06. The second-order valence-corrected chi connectivity index (χ2v) is 4.43. The first kappa shape index (κ1) is 13.6. The smallest absolute Gasteiger partial charge is 0.217 e. The van der Waals surface area contributed by atoms with Gasteiger partial charge in [-0.1, -0.05) is 13.0 Å². The molecule has 0 unspecified atom stereocenters. The minimum atomic E-state index is 0.696. The maximum absolute atomic E-state index is 5.62. The van der Waals surface area contributed by atoms with Crippen molar-refractivity contribution in [3.63, 3.8) is 0 Å². The summed E-state index contributed by atoms with van der Waals surface area (Å²) in [5.41, 5.74) is 1.07. The van der Waals surface area contributed by atoms with E-state index < -0.39 is 0 Å². The Morgan fingerprint density at radius 2 is 2.16 bits per heavy atom. The van der Waals surface area contributed by atoms with Gasteiger partial charge < -0.3 is 14.5 Å². The van der Waals surface area contributed by atoms with E-state index in [9.17, 15) is 0 Å². The molecule has 0 aliphatic carbocycles. The molecular formula is C15H20N2O2. The molecule has 0 spiro atoms. The standard InChI is InChI=1S/C15H20N2O2/c1-3-9-18-15-13(5-4-8-17-15)10-16-11-14-7-6-12(2)19-14/h4-8,16H,3,9-11H2,1-2H3. The van der Waals surface area contributed by atoms with Crippen molar-refractivity contribution in [1.29, 1.82) is 0 Å². The van der Waals surface area contributed by atoms with Crippen LogP contribution in [0.4, 0.5) is 0 Å². The lowest BCUT2D eigenvalue weighted by Gasteiger charge is -2.09. The lowest BCUT2D eigenvalue weighted by molar-refractivity contribution is 0.300. The van der Waals surface area contributed by atoms with Gasteiger partial charge in [0.05, 0.1) is 13.2 Å². The van der Waals surface area contributed by atoms with Crippen LogP contribution in [0.15, 0.2) is 34.9 Å². The molecule has 0 aromatic carbocycles. The predicted molar refractivity (Wildman–Crippen MR) is 74.0 cm³/mol. The highest BCUT2D eigenvalue weighted by atomic mass is 16.5. The third kappa shape index (κ3) is 4.10. The zero-order valence-corrected chi connectivity index (χ0v) is 11.5. The van der Waals surface area contributed by atoms with E-state index in [1.165, 1.54) is 0 Å². The van der Waals surface area contributed by atoms with E-state index >= 15 is 0 Å². The van der Waals surface area contributed by atoms with Crippen LogP contribution in [-0.4, -0.2) is 11.6 Å². The molecule has 2 aromatic heterocycles. The Kier molecular flexibility index (Phi) is 4.98. The zero-order valence-electron chi connectivity index (χ0n) is 11.5. The summed E-state index contributed by atoms with van der Waals surface area (Å²) < 4.78 is 11.1. The molecule has 0 amide bonds. The number of rotatable bonds is 7. The minimum absolute atomic E-state index is 0.696. The average molecular weight is 260 g/mol. The molecule has 1 N–H and O–H groups in total. The van der Waals surface area contributed by atoms with Crippen LogP contribution in [-0.2, 0) is 13.1 Å². The van der Waals surface area contributed by atoms with Gasteiger partial charge in [-0.15, -0.1) is 0 Å². The van der Waals surface area contributed by atoms with Crippen LogP contribution in [0.1, 0.15) is 30.4 Å². The van der Waals surface area contributed by atoms with E-state index in [-0.39, 0.29) is 0 Å². The zero-order chi connectivity index (χ0) is 13.5. The van der Waals surface area contributed by atoms with Gasteiger partial charge in [-0.2, -0.15) is 0 Å². The second-order valence-electron chi connectivity index (χ2n) is 4.43. The molecule has 4 nitrogen and oxygen atoms in total. The van der Waals surface area contributed by atoms with E-state index in [4.69, 9.17) is 9.15 Å². The highest BCUT2D eigenvalue weighted by Gasteiger charge is 2.04. The molecule has 19 heavy (non-hydrogen) atoms. The van der Waals surface area contributed by atoms with Crippen LogP contribution in [0.5, 0.6) is 5.88 Å². The Morgan fingerprint density at radius 1 is 1.26 bits per heavy atom. The highest BCUT2D eigenvalue weighted by Crippen LogP contribution is 2.14. The third-order valence-corrected chi connectivity index (χ3v) is 2.70. The molecule has 0 aliphatic rings. The first-order valence-electron chi connectivity index (χ1n) is 6.62. The lowest BCUT2D eigenvalue weighted by Crippen LogP contribution is -2.13. The average Bonchev–Trinajstić information content (AvgIpc) is 2.83. The molecule has 0 saturated heterocycles. The van der Waals surface area contributed by atoms with Crippen LogP contribution in [0.3, 0.4) is 0 Å². The fourth-order valence-corrected chi connectivity index (χ4v) is 1.79. The number of pyridine rings is 1. The Labute approximate surface area is 113 Å². The van der Waals surface area contributed by atoms with Crippen molar-refractivity contribution < 1.29 is 9.15 Å². The molecule has 0 aliphatic heterocycles. The van der Waals surface area contributed by atoms with Gasteiger partial charge in [0, 0.05) is 18.3 Å². The van der Waals surface area contributed by atoms with Crippen molar-refractivity contribution in [2.45, 2.75) is 33.4 Å². The Hall–Kier alpha value is -1.81. The van der Waals surface area contributed by atoms with Crippen molar-refractivity contribution in [3.8, 4) is 5.88 Å². The molecule has 2 aromatic rings. The molecule has 0 fully saturated rings. The van der Waals surface area contributed by atoms with E-state index in [2.05, 4.69) is 17.2 Å². The number of furan rings is 1. The number of hydrogen-bond acceptors (Lipinski definition) is 4. The molecule has 102 valence electrons. The molecule has 0 saturated carbocycles. The fraction of sp³-hybridized carbons (Fsp3) is 0.400. The topological polar surface area (TPSA) is 47.3 Å². The summed E-state index contributed by atoms with van der Waals surface area (Å²) in [4.78, 5) is 4.26. The number of nitrogens with one attached hydrogen (secondary N) is 1. The van der Waals surface area contributed by atoms with Crippen molar-refractivity contribution >= 4 is 0 Å². The van der Waals surface area contributed by atoms with Gasteiger partial charge in [-0.25, -0.2) is 4.98 Å². The number of hydrogen-bond donors (Lipinski definition) is 1. The maximum Gasteiger partial charge on any atom is 0.217 e. The summed E-state index contributed by atoms with van der Waals surface area (Å²) in [7, 11) is 0. The molecule has 4 heteroatoms. The first-order valence-corrected chi connectivity index (χ1v) is 6.62. The molecular weight excluding hydrogens is 240 g/mol. The second kappa shape index (κ2) is 6.95. The molecule has 0 atom stereocenters. The van der Waals surface area contributed by atoms with Gasteiger partial charge in [0.15, 0.2) is 0 Å². The SMILES string of the molecule is CCCOc1ncccc1CNCc1ccc(C)o1. The van der Waals surface area contributed by atoms with E-state index in [1.54, 1.807) is 6.20 Å². The summed E-state index contributed by atoms with van der Waals surface area (Å²) in [5.74, 6) is 2.59. The summed E-state index contributed by atoms with van der Waals surface area (Å²) in [6, 6.07) is 7.90. The number of nitrogens with zero attached hydrogens (tertiary/aromatic N) is 1. The van der Waals surface area contributed by atoms with Gasteiger partial charge in [-0.05, 0) is 31.5 Å². The fourth-order valence-electron chi connectivity index (χ4n) is 1.79. The van der Waals surface area contributed by atoms with Gasteiger partial charge in [0.1, 0.15) is 11.5 Å². The van der Waals surface area contributed by atoms with Gasteiger partial charge in [0.25, 0.3) is 0 Å². The van der Waals surface area contributed by atoms with Crippen LogP contribution >= 0.6 is 0 Å². The van der Waals surface area contributed by atoms with Crippen molar-refractivity contribution in [2.24, 2.45) is 0 Å². The normalized spacial score (nSPS) is 10.6. The lowest BCUT2D eigenvalue weighted by atomic mass is 10.2. The summed E-state index contributed by atoms with van der Waals surface area (Å²) >= 11 is 0. The van der Waals surface area contributed by atoms with Gasteiger partial charge in [-0.3, -0.25) is 0 Å². The Morgan fingerprint density at radius 3 is 2.89 bits per heavy atom. The van der Waals surface area contributed by atoms with Crippen LogP contribution < -0.4 is 10.1 Å². The van der Waals surface area contributed by atoms with Crippen molar-refractivity contribution in [3.05, 3.63) is 47.5 Å². The summed E-state index contributed by atoms with van der Waals surface area (Å²) in [5, 5.41) is 3.33. The largest absolute Gasteiger partial charge is 0.477 e. The quantitative estimate of drug-likeness (QED) is 0.831. The van der Waals surface area contributed by atoms with E-state index in [1.807, 2.05) is 31.2 Å². The van der Waals surface area contributed by atoms with Gasteiger partial charge in [0.2, 0.25) is 5.88 Å². The first-order chi connectivity index (χ1) is 9.29. The number of aromatic nitrogens is 1. The highest BCUT2D eigenvalue weighted by molar-refractivity contribution is 5.25. The van der Waals surface area contributed by atoms with Gasteiger partial charge >= 0.3 is 0 Å². The van der Waals surface area contributed by atoms with Crippen molar-refractivity contribution in [1.82, 2.24) is 10.3 Å². The minimum Gasteiger partial charge on any atom is -0.477 e.